The Morgan fingerprint density at radius 3 is 2.14 bits per heavy atom. The summed E-state index contributed by atoms with van der Waals surface area (Å²) in [4.78, 5) is 25.2. The second-order valence-corrected chi connectivity index (χ2v) is 7.24. The van der Waals surface area contributed by atoms with Crippen LogP contribution in [0, 0.1) is 6.92 Å². The topological polar surface area (TPSA) is 81.7 Å². The molecule has 2 aromatic rings. The van der Waals surface area contributed by atoms with Gasteiger partial charge in [-0.05, 0) is 43.3 Å². The minimum absolute atomic E-state index is 0.0389. The van der Waals surface area contributed by atoms with Gasteiger partial charge in [0, 0.05) is 42.4 Å². The Labute approximate surface area is 164 Å². The van der Waals surface area contributed by atoms with Crippen LogP contribution in [-0.2, 0) is 4.79 Å². The predicted octanol–water partition coefficient (Wildman–Crippen LogP) is 3.35. The van der Waals surface area contributed by atoms with Gasteiger partial charge in [0.05, 0.1) is 4.88 Å². The first kappa shape index (κ1) is 21.7. The van der Waals surface area contributed by atoms with Gasteiger partial charge in [-0.3, -0.25) is 4.79 Å². The number of carbonyl (C=O) groups is 2. The number of hydrogen-bond donors (Lipinski definition) is 3. The fourth-order valence-electron chi connectivity index (χ4n) is 2.43. The highest BCUT2D eigenvalue weighted by Gasteiger charge is 2.38. The summed E-state index contributed by atoms with van der Waals surface area (Å²) in [6, 6.07) is 11.9. The molecule has 1 aliphatic rings. The summed E-state index contributed by atoms with van der Waals surface area (Å²) < 4.78 is 31.7. The maximum atomic E-state index is 12.1. The van der Waals surface area contributed by atoms with Gasteiger partial charge >= 0.3 is 12.1 Å². The predicted molar refractivity (Wildman–Crippen MR) is 102 cm³/mol. The number of benzene rings is 1. The van der Waals surface area contributed by atoms with E-state index in [0.717, 1.165) is 41.6 Å². The van der Waals surface area contributed by atoms with Crippen LogP contribution in [0.5, 0.6) is 0 Å². The summed E-state index contributed by atoms with van der Waals surface area (Å²) in [6.07, 6.45) is -5.08. The van der Waals surface area contributed by atoms with Crippen LogP contribution < -0.4 is 15.5 Å². The average molecular weight is 415 g/mol. The molecule has 1 fully saturated rings. The van der Waals surface area contributed by atoms with Crippen molar-refractivity contribution in [2.24, 2.45) is 0 Å². The van der Waals surface area contributed by atoms with Gasteiger partial charge in [-0.2, -0.15) is 13.2 Å². The Kier molecular flexibility index (Phi) is 7.41. The van der Waals surface area contributed by atoms with E-state index in [9.17, 15) is 18.0 Å². The molecule has 0 aliphatic carbocycles. The summed E-state index contributed by atoms with van der Waals surface area (Å²) in [5.41, 5.74) is 2.05. The van der Waals surface area contributed by atoms with Crippen molar-refractivity contribution in [3.05, 3.63) is 46.2 Å². The average Bonchev–Trinajstić information content (AvgIpc) is 3.09. The van der Waals surface area contributed by atoms with Crippen molar-refractivity contribution in [1.82, 2.24) is 5.32 Å². The normalized spacial score (nSPS) is 14.1. The number of carbonyl (C=O) groups excluding carboxylic acids is 1. The molecule has 10 heteroatoms. The molecule has 6 nitrogen and oxygen atoms in total. The highest BCUT2D eigenvalue weighted by Crippen LogP contribution is 2.20. The maximum absolute atomic E-state index is 12.1. The van der Waals surface area contributed by atoms with E-state index in [4.69, 9.17) is 9.90 Å². The number of rotatable bonds is 3. The molecule has 3 N–H and O–H groups in total. The molecule has 1 aliphatic heterocycles. The molecule has 152 valence electrons. The molecule has 28 heavy (non-hydrogen) atoms. The van der Waals surface area contributed by atoms with Crippen molar-refractivity contribution in [1.29, 1.82) is 0 Å². The van der Waals surface area contributed by atoms with Gasteiger partial charge in [0.2, 0.25) is 0 Å². The van der Waals surface area contributed by atoms with E-state index in [1.54, 1.807) is 0 Å². The van der Waals surface area contributed by atoms with Gasteiger partial charge in [0.15, 0.2) is 0 Å². The van der Waals surface area contributed by atoms with Crippen LogP contribution in [0.25, 0.3) is 0 Å². The van der Waals surface area contributed by atoms with E-state index in [1.807, 2.05) is 31.2 Å². The number of hydrogen-bond acceptors (Lipinski definition) is 5. The number of carboxylic acids is 1. The lowest BCUT2D eigenvalue weighted by atomic mass is 10.2. The number of alkyl halides is 3. The molecular weight excluding hydrogens is 395 g/mol. The molecule has 3 rings (SSSR count). The molecule has 1 saturated heterocycles. The van der Waals surface area contributed by atoms with Crippen molar-refractivity contribution in [2.45, 2.75) is 13.1 Å². The fraction of sp³-hybridized carbons (Fsp3) is 0.333. The van der Waals surface area contributed by atoms with E-state index in [1.165, 1.54) is 17.0 Å². The van der Waals surface area contributed by atoms with E-state index >= 15 is 0 Å². The Bertz CT molecular complexity index is 800. The van der Waals surface area contributed by atoms with E-state index in [-0.39, 0.29) is 5.91 Å². The number of aryl methyl sites for hydroxylation is 1. The zero-order valence-electron chi connectivity index (χ0n) is 15.0. The summed E-state index contributed by atoms with van der Waals surface area (Å²) in [5, 5.41) is 13.4. The second kappa shape index (κ2) is 9.56. The summed E-state index contributed by atoms with van der Waals surface area (Å²) in [7, 11) is 0. The fourth-order valence-corrected chi connectivity index (χ4v) is 3.19. The van der Waals surface area contributed by atoms with Crippen LogP contribution in [0.4, 0.5) is 24.5 Å². The molecule has 0 saturated carbocycles. The van der Waals surface area contributed by atoms with Crippen molar-refractivity contribution >= 4 is 34.6 Å². The molecule has 0 bridgehead atoms. The lowest BCUT2D eigenvalue weighted by Crippen LogP contribution is -2.43. The highest BCUT2D eigenvalue weighted by atomic mass is 32.1. The Morgan fingerprint density at radius 2 is 1.68 bits per heavy atom. The minimum Gasteiger partial charge on any atom is -0.475 e. The van der Waals surface area contributed by atoms with Crippen LogP contribution >= 0.6 is 11.3 Å². The van der Waals surface area contributed by atoms with Crippen LogP contribution in [-0.4, -0.2) is 49.3 Å². The first-order valence-electron chi connectivity index (χ1n) is 8.40. The van der Waals surface area contributed by atoms with Gasteiger partial charge in [-0.1, -0.05) is 0 Å². The first-order chi connectivity index (χ1) is 13.2. The molecule has 0 atom stereocenters. The van der Waals surface area contributed by atoms with Crippen LogP contribution in [0.3, 0.4) is 0 Å². The monoisotopic (exact) mass is 415 g/mol. The number of aliphatic carboxylic acids is 1. The number of nitrogens with one attached hydrogen (secondary N) is 2. The number of nitrogens with zero attached hydrogens (tertiary/aromatic N) is 1. The molecule has 2 heterocycles. The van der Waals surface area contributed by atoms with E-state index < -0.39 is 12.1 Å². The molecule has 0 radical (unpaired) electrons. The van der Waals surface area contributed by atoms with Crippen molar-refractivity contribution in [3.8, 4) is 0 Å². The number of carboxylic acid groups (broad SMARTS) is 1. The number of amides is 1. The minimum atomic E-state index is -5.08. The quantitative estimate of drug-likeness (QED) is 0.716. The number of thiophene rings is 1. The molecule has 1 amide bonds. The molecule has 1 aromatic carbocycles. The van der Waals surface area contributed by atoms with Crippen molar-refractivity contribution < 1.29 is 27.9 Å². The summed E-state index contributed by atoms with van der Waals surface area (Å²) in [5.74, 6) is -2.80. The standard InChI is InChI=1S/C16H19N3OS.C2HF3O2/c1-12-2-7-15(21-12)16(20)18-13-3-5-14(6-4-13)19-10-8-17-9-11-19;3-2(4,5)1(6)7/h2-7,17H,8-11H2,1H3,(H,18,20);(H,6,7). The van der Waals surface area contributed by atoms with Crippen LogP contribution in [0.1, 0.15) is 14.5 Å². The van der Waals surface area contributed by atoms with Gasteiger partial charge in [0.1, 0.15) is 0 Å². The maximum Gasteiger partial charge on any atom is 0.490 e. The smallest absolute Gasteiger partial charge is 0.475 e. The van der Waals surface area contributed by atoms with Gasteiger partial charge in [-0.25, -0.2) is 4.79 Å². The van der Waals surface area contributed by atoms with Crippen LogP contribution in [0.15, 0.2) is 36.4 Å². The number of halogens is 3. The van der Waals surface area contributed by atoms with Crippen molar-refractivity contribution in [2.75, 3.05) is 36.4 Å². The molecular formula is C18H20F3N3O3S. The Morgan fingerprint density at radius 1 is 1.11 bits per heavy atom. The molecule has 0 spiro atoms. The van der Waals surface area contributed by atoms with Crippen LogP contribution in [0.2, 0.25) is 0 Å². The second-order valence-electron chi connectivity index (χ2n) is 5.95. The van der Waals surface area contributed by atoms with Crippen molar-refractivity contribution in [3.63, 3.8) is 0 Å². The highest BCUT2D eigenvalue weighted by molar-refractivity contribution is 7.14. The number of piperazine rings is 1. The summed E-state index contributed by atoms with van der Waals surface area (Å²) in [6.45, 7) is 6.11. The molecule has 0 unspecified atom stereocenters. The lowest BCUT2D eigenvalue weighted by molar-refractivity contribution is -0.192. The third kappa shape index (κ3) is 6.54. The largest absolute Gasteiger partial charge is 0.490 e. The number of anilines is 2. The SMILES string of the molecule is Cc1ccc(C(=O)Nc2ccc(N3CCNCC3)cc2)s1.O=C(O)C(F)(F)F. The first-order valence-corrected chi connectivity index (χ1v) is 9.22. The Balaban J connectivity index is 0.000000345. The van der Waals surface area contributed by atoms with Gasteiger partial charge < -0.3 is 20.6 Å². The zero-order chi connectivity index (χ0) is 20.7. The van der Waals surface area contributed by atoms with Gasteiger partial charge in [0.25, 0.3) is 5.91 Å². The van der Waals surface area contributed by atoms with E-state index in [2.05, 4.69) is 27.7 Å². The lowest BCUT2D eigenvalue weighted by Gasteiger charge is -2.29. The van der Waals surface area contributed by atoms with E-state index in [0.29, 0.717) is 0 Å². The summed E-state index contributed by atoms with van der Waals surface area (Å²) >= 11 is 1.51. The zero-order valence-corrected chi connectivity index (χ0v) is 15.9. The third-order valence-corrected chi connectivity index (χ3v) is 4.81. The third-order valence-electron chi connectivity index (χ3n) is 3.81. The van der Waals surface area contributed by atoms with Gasteiger partial charge in [-0.15, -0.1) is 11.3 Å². The molecule has 1 aromatic heterocycles. The Hall–Kier alpha value is -2.59.